The zero-order valence-corrected chi connectivity index (χ0v) is 5.89. The molecule has 0 radical (unpaired) electrons. The molecule has 0 bridgehead atoms. The van der Waals surface area contributed by atoms with Gasteiger partial charge in [0.05, 0.1) is 6.61 Å². The summed E-state index contributed by atoms with van der Waals surface area (Å²) >= 11 is 0. The molecule has 1 rings (SSSR count). The third kappa shape index (κ3) is 1.90. The van der Waals surface area contributed by atoms with E-state index in [0.29, 0.717) is 6.54 Å². The molecule has 0 spiro atoms. The third-order valence-electron chi connectivity index (χ3n) is 1.73. The van der Waals surface area contributed by atoms with Crippen LogP contribution < -0.4 is 5.32 Å². The second-order valence-electron chi connectivity index (χ2n) is 2.53. The lowest BCUT2D eigenvalue weighted by Crippen LogP contribution is -2.51. The monoisotopic (exact) mass is 148 g/mol. The number of hydrogen-bond acceptors (Lipinski definition) is 3. The van der Waals surface area contributed by atoms with Crippen LogP contribution in [0, 0.1) is 0 Å². The molecule has 0 aromatic heterocycles. The van der Waals surface area contributed by atoms with Crippen molar-refractivity contribution in [3.63, 3.8) is 0 Å². The van der Waals surface area contributed by atoms with E-state index in [1.54, 1.807) is 4.90 Å². The minimum atomic E-state index is -0.405. The Morgan fingerprint density at radius 2 is 2.50 bits per heavy atom. The molecule has 1 saturated heterocycles. The van der Waals surface area contributed by atoms with E-state index in [-0.39, 0.29) is 12.6 Å². The van der Waals surface area contributed by atoms with Crippen molar-refractivity contribution >= 4 is 0 Å². The number of aliphatic hydroxyl groups is 1. The van der Waals surface area contributed by atoms with Crippen LogP contribution in [0.3, 0.4) is 0 Å². The summed E-state index contributed by atoms with van der Waals surface area (Å²) < 4.78 is 12.0. The van der Waals surface area contributed by atoms with E-state index in [4.69, 9.17) is 5.11 Å². The fourth-order valence-corrected chi connectivity index (χ4v) is 1.13. The van der Waals surface area contributed by atoms with Crippen molar-refractivity contribution in [2.24, 2.45) is 0 Å². The Bertz CT molecular complexity index is 91.7. The Morgan fingerprint density at radius 3 is 3.10 bits per heavy atom. The average molecular weight is 148 g/mol. The highest BCUT2D eigenvalue weighted by molar-refractivity contribution is 4.75. The van der Waals surface area contributed by atoms with Crippen molar-refractivity contribution in [2.45, 2.75) is 6.04 Å². The molecule has 60 valence electrons. The highest BCUT2D eigenvalue weighted by atomic mass is 19.1. The van der Waals surface area contributed by atoms with Crippen LogP contribution in [-0.2, 0) is 0 Å². The molecule has 0 aromatic rings. The molecule has 1 aliphatic rings. The van der Waals surface area contributed by atoms with Gasteiger partial charge in [-0.15, -0.1) is 0 Å². The van der Waals surface area contributed by atoms with Crippen molar-refractivity contribution in [1.82, 2.24) is 10.2 Å². The third-order valence-corrected chi connectivity index (χ3v) is 1.73. The number of aliphatic hydroxyl groups excluding tert-OH is 1. The number of hydrogen-bond donors (Lipinski definition) is 2. The Hall–Kier alpha value is -0.190. The summed E-state index contributed by atoms with van der Waals surface area (Å²) in [4.78, 5) is 1.68. The number of halogens is 1. The number of nitrogens with zero attached hydrogens (tertiary/aromatic N) is 1. The first kappa shape index (κ1) is 7.91. The molecule has 0 amide bonds. The molecule has 1 heterocycles. The Morgan fingerprint density at radius 1 is 1.70 bits per heavy atom. The maximum atomic E-state index is 12.0. The zero-order valence-electron chi connectivity index (χ0n) is 5.89. The van der Waals surface area contributed by atoms with Crippen LogP contribution in [0.5, 0.6) is 0 Å². The van der Waals surface area contributed by atoms with Gasteiger partial charge in [-0.25, -0.2) is 4.39 Å². The van der Waals surface area contributed by atoms with Crippen LogP contribution in [0.25, 0.3) is 0 Å². The lowest BCUT2D eigenvalue weighted by molar-refractivity contribution is 0.111. The van der Waals surface area contributed by atoms with E-state index in [0.717, 1.165) is 13.1 Å². The number of nitrogens with one attached hydrogen (secondary N) is 1. The van der Waals surface area contributed by atoms with E-state index in [9.17, 15) is 4.39 Å². The molecule has 1 aliphatic heterocycles. The van der Waals surface area contributed by atoms with Gasteiger partial charge >= 0.3 is 0 Å². The molecule has 1 unspecified atom stereocenters. The van der Waals surface area contributed by atoms with Gasteiger partial charge in [0.1, 0.15) is 6.80 Å². The van der Waals surface area contributed by atoms with Crippen LogP contribution >= 0.6 is 0 Å². The summed E-state index contributed by atoms with van der Waals surface area (Å²) in [7, 11) is 0. The molecule has 1 atom stereocenters. The second-order valence-corrected chi connectivity index (χ2v) is 2.53. The Kier molecular flexibility index (Phi) is 3.05. The van der Waals surface area contributed by atoms with Crippen LogP contribution in [-0.4, -0.2) is 49.1 Å². The van der Waals surface area contributed by atoms with E-state index in [2.05, 4.69) is 5.32 Å². The topological polar surface area (TPSA) is 35.5 Å². The molecule has 10 heavy (non-hydrogen) atoms. The lowest BCUT2D eigenvalue weighted by Gasteiger charge is -2.30. The van der Waals surface area contributed by atoms with Gasteiger partial charge in [0.25, 0.3) is 0 Å². The van der Waals surface area contributed by atoms with Crippen LogP contribution in [0.15, 0.2) is 0 Å². The highest BCUT2D eigenvalue weighted by Gasteiger charge is 2.17. The van der Waals surface area contributed by atoms with Gasteiger partial charge < -0.3 is 10.4 Å². The molecule has 2 N–H and O–H groups in total. The number of piperazine rings is 1. The molecular formula is C6H13FN2O. The largest absolute Gasteiger partial charge is 0.395 e. The van der Waals surface area contributed by atoms with E-state index in [1.807, 2.05) is 0 Å². The summed E-state index contributed by atoms with van der Waals surface area (Å²) in [5.74, 6) is 0. The Balaban J connectivity index is 2.25. The SMILES string of the molecule is OCC1CN(CF)CCN1. The van der Waals surface area contributed by atoms with E-state index >= 15 is 0 Å². The minimum absolute atomic E-state index is 0.0597. The predicted octanol–water partition coefficient (Wildman–Crippen LogP) is -0.821. The van der Waals surface area contributed by atoms with Crippen LogP contribution in [0.4, 0.5) is 4.39 Å². The molecule has 3 nitrogen and oxygen atoms in total. The number of rotatable bonds is 2. The van der Waals surface area contributed by atoms with Gasteiger partial charge in [-0.2, -0.15) is 0 Å². The van der Waals surface area contributed by atoms with Gasteiger partial charge in [-0.05, 0) is 0 Å². The summed E-state index contributed by atoms with van der Waals surface area (Å²) in [6, 6.07) is 0.0597. The van der Waals surface area contributed by atoms with Gasteiger partial charge in [0, 0.05) is 25.7 Å². The molecule has 4 heteroatoms. The summed E-state index contributed by atoms with van der Waals surface area (Å²) in [5, 5.41) is 11.8. The molecule has 1 fully saturated rings. The average Bonchev–Trinajstić information content (AvgIpc) is 2.05. The Labute approximate surface area is 59.8 Å². The van der Waals surface area contributed by atoms with Crippen molar-refractivity contribution in [1.29, 1.82) is 0 Å². The second kappa shape index (κ2) is 3.85. The zero-order chi connectivity index (χ0) is 7.40. The van der Waals surface area contributed by atoms with Crippen molar-refractivity contribution in [3.05, 3.63) is 0 Å². The minimum Gasteiger partial charge on any atom is -0.395 e. The quantitative estimate of drug-likeness (QED) is 0.502. The van der Waals surface area contributed by atoms with Crippen LogP contribution in [0.2, 0.25) is 0 Å². The van der Waals surface area contributed by atoms with Gasteiger partial charge in [0.15, 0.2) is 0 Å². The van der Waals surface area contributed by atoms with Gasteiger partial charge in [-0.1, -0.05) is 0 Å². The fourth-order valence-electron chi connectivity index (χ4n) is 1.13. The van der Waals surface area contributed by atoms with E-state index < -0.39 is 6.80 Å². The lowest BCUT2D eigenvalue weighted by atomic mass is 10.2. The van der Waals surface area contributed by atoms with Gasteiger partial charge in [0.2, 0.25) is 0 Å². The first-order valence-corrected chi connectivity index (χ1v) is 3.49. The fraction of sp³-hybridized carbons (Fsp3) is 1.00. The van der Waals surface area contributed by atoms with Crippen molar-refractivity contribution in [2.75, 3.05) is 33.0 Å². The van der Waals surface area contributed by atoms with Crippen molar-refractivity contribution in [3.8, 4) is 0 Å². The summed E-state index contributed by atoms with van der Waals surface area (Å²) in [5.41, 5.74) is 0. The normalized spacial score (nSPS) is 28.8. The first-order valence-electron chi connectivity index (χ1n) is 3.49. The maximum absolute atomic E-state index is 12.0. The van der Waals surface area contributed by atoms with Crippen LogP contribution in [0.1, 0.15) is 0 Å². The molecule has 0 aliphatic carbocycles. The maximum Gasteiger partial charge on any atom is 0.143 e. The first-order chi connectivity index (χ1) is 4.86. The van der Waals surface area contributed by atoms with Gasteiger partial charge in [-0.3, -0.25) is 4.90 Å². The summed E-state index contributed by atoms with van der Waals surface area (Å²) in [6.45, 7) is 1.82. The molecule has 0 aromatic carbocycles. The molecular weight excluding hydrogens is 135 g/mol. The number of alkyl halides is 1. The smallest absolute Gasteiger partial charge is 0.143 e. The molecule has 0 saturated carbocycles. The van der Waals surface area contributed by atoms with E-state index in [1.165, 1.54) is 0 Å². The summed E-state index contributed by atoms with van der Waals surface area (Å²) in [6.07, 6.45) is 0. The standard InChI is InChI=1S/C6H13FN2O/c7-5-9-2-1-8-6(3-9)4-10/h6,8,10H,1-5H2. The predicted molar refractivity (Wildman–Crippen MR) is 36.4 cm³/mol. The highest BCUT2D eigenvalue weighted by Crippen LogP contribution is 1.97. The van der Waals surface area contributed by atoms with Crippen molar-refractivity contribution < 1.29 is 9.50 Å².